The van der Waals surface area contributed by atoms with Crippen molar-refractivity contribution < 1.29 is 18.3 Å². The zero-order valence-corrected chi connectivity index (χ0v) is 16.2. The average Bonchev–Trinajstić information content (AvgIpc) is 3.32. The van der Waals surface area contributed by atoms with E-state index in [0.717, 1.165) is 16.7 Å². The van der Waals surface area contributed by atoms with E-state index in [1.807, 2.05) is 6.07 Å². The summed E-state index contributed by atoms with van der Waals surface area (Å²) in [5.41, 5.74) is 3.04. The van der Waals surface area contributed by atoms with Crippen molar-refractivity contribution in [3.8, 4) is 16.9 Å². The molecule has 31 heavy (non-hydrogen) atoms. The molecule has 4 aromatic rings. The summed E-state index contributed by atoms with van der Waals surface area (Å²) in [4.78, 5) is 16.4. The lowest BCUT2D eigenvalue weighted by molar-refractivity contribution is -0.111. The number of nitrogens with zero attached hydrogens (tertiary/aromatic N) is 3. The molecule has 7 nitrogen and oxygen atoms in total. The van der Waals surface area contributed by atoms with Gasteiger partial charge in [0.1, 0.15) is 11.6 Å². The molecule has 0 radical (unpaired) electrons. The Morgan fingerprint density at radius 2 is 1.90 bits per heavy atom. The lowest BCUT2D eigenvalue weighted by Crippen LogP contribution is -2.07. The highest BCUT2D eigenvalue weighted by molar-refractivity contribution is 6.02. The van der Waals surface area contributed by atoms with Crippen molar-refractivity contribution in [1.82, 2.24) is 15.2 Å². The normalized spacial score (nSPS) is 10.9. The number of hydrogen-bond donors (Lipinski definition) is 1. The number of halogens is 1. The first-order valence-corrected chi connectivity index (χ1v) is 9.34. The maximum atomic E-state index is 13.2. The van der Waals surface area contributed by atoms with Crippen LogP contribution >= 0.6 is 0 Å². The number of carbonyl (C=O) groups excluding carboxylic acids is 1. The molecule has 2 aromatic carbocycles. The third kappa shape index (κ3) is 5.39. The summed E-state index contributed by atoms with van der Waals surface area (Å²) in [5, 5.41) is 10.1. The van der Waals surface area contributed by atoms with Crippen molar-refractivity contribution in [2.75, 3.05) is 5.32 Å². The summed E-state index contributed by atoms with van der Waals surface area (Å²) >= 11 is 0. The monoisotopic (exact) mass is 416 g/mol. The molecule has 0 aliphatic carbocycles. The predicted octanol–water partition coefficient (Wildman–Crippen LogP) is 4.50. The minimum atomic E-state index is -0.305. The maximum absolute atomic E-state index is 13.2. The molecular weight excluding hydrogens is 399 g/mol. The van der Waals surface area contributed by atoms with Crippen molar-refractivity contribution in [3.63, 3.8) is 0 Å². The van der Waals surface area contributed by atoms with Gasteiger partial charge in [-0.1, -0.05) is 12.1 Å². The van der Waals surface area contributed by atoms with Gasteiger partial charge in [0.25, 0.3) is 5.89 Å². The van der Waals surface area contributed by atoms with E-state index in [1.54, 1.807) is 54.9 Å². The van der Waals surface area contributed by atoms with Crippen LogP contribution in [0.4, 0.5) is 10.1 Å². The van der Waals surface area contributed by atoms with E-state index >= 15 is 0 Å². The number of carbonyl (C=O) groups is 1. The van der Waals surface area contributed by atoms with Crippen molar-refractivity contribution in [3.05, 3.63) is 96.7 Å². The van der Waals surface area contributed by atoms with Crippen LogP contribution in [-0.4, -0.2) is 21.1 Å². The van der Waals surface area contributed by atoms with Crippen molar-refractivity contribution in [2.45, 2.75) is 6.61 Å². The number of nitrogens with one attached hydrogen (secondary N) is 1. The number of ether oxygens (including phenoxy) is 1. The van der Waals surface area contributed by atoms with Gasteiger partial charge in [0.2, 0.25) is 12.3 Å². The summed E-state index contributed by atoms with van der Waals surface area (Å²) in [6, 6.07) is 14.9. The van der Waals surface area contributed by atoms with Crippen molar-refractivity contribution >= 4 is 17.7 Å². The van der Waals surface area contributed by atoms with E-state index in [2.05, 4.69) is 20.5 Å². The Labute approximate surface area is 177 Å². The summed E-state index contributed by atoms with van der Waals surface area (Å²) in [7, 11) is 0. The Bertz CT molecular complexity index is 1170. The molecule has 1 N–H and O–H groups in total. The second kappa shape index (κ2) is 9.45. The van der Waals surface area contributed by atoms with Crippen LogP contribution in [0.15, 0.2) is 83.9 Å². The van der Waals surface area contributed by atoms with E-state index in [-0.39, 0.29) is 18.3 Å². The van der Waals surface area contributed by atoms with Gasteiger partial charge in [-0.15, -0.1) is 10.2 Å². The molecule has 0 saturated carbocycles. The average molecular weight is 416 g/mol. The summed E-state index contributed by atoms with van der Waals surface area (Å²) in [6.07, 6.45) is 7.63. The largest absolute Gasteiger partial charge is 0.484 e. The van der Waals surface area contributed by atoms with Crippen LogP contribution in [0.1, 0.15) is 11.5 Å². The molecule has 0 atom stereocenters. The fourth-order valence-corrected chi connectivity index (χ4v) is 2.82. The minimum absolute atomic E-state index is 0.163. The van der Waals surface area contributed by atoms with Crippen LogP contribution in [0, 0.1) is 5.82 Å². The third-order valence-electron chi connectivity index (χ3n) is 4.31. The van der Waals surface area contributed by atoms with Crippen LogP contribution < -0.4 is 10.1 Å². The highest BCUT2D eigenvalue weighted by atomic mass is 19.1. The SMILES string of the molecule is O=C(/C=C/c1cnccc1-c1ccc(F)cc1)Nc1ccc(OCc2nnco2)cc1. The van der Waals surface area contributed by atoms with Gasteiger partial charge in [-0.2, -0.15) is 0 Å². The fourth-order valence-electron chi connectivity index (χ4n) is 2.82. The molecule has 154 valence electrons. The Hall–Kier alpha value is -4.33. The molecule has 0 unspecified atom stereocenters. The fraction of sp³-hybridized carbons (Fsp3) is 0.0435. The molecule has 0 saturated heterocycles. The van der Waals surface area contributed by atoms with E-state index in [9.17, 15) is 9.18 Å². The van der Waals surface area contributed by atoms with Crippen molar-refractivity contribution in [1.29, 1.82) is 0 Å². The third-order valence-corrected chi connectivity index (χ3v) is 4.31. The van der Waals surface area contributed by atoms with Crippen LogP contribution in [-0.2, 0) is 11.4 Å². The number of pyridine rings is 1. The summed E-state index contributed by atoms with van der Waals surface area (Å²) in [5.74, 6) is 0.373. The number of benzene rings is 2. The van der Waals surface area contributed by atoms with Gasteiger partial charge in [-0.3, -0.25) is 9.78 Å². The smallest absolute Gasteiger partial charge is 0.253 e. The van der Waals surface area contributed by atoms with Gasteiger partial charge in [0.15, 0.2) is 6.61 Å². The first kappa shape index (κ1) is 20.0. The number of hydrogen-bond acceptors (Lipinski definition) is 6. The topological polar surface area (TPSA) is 90.1 Å². The number of anilines is 1. The van der Waals surface area contributed by atoms with E-state index < -0.39 is 0 Å². The van der Waals surface area contributed by atoms with Gasteiger partial charge in [0, 0.05) is 29.7 Å². The quantitative estimate of drug-likeness (QED) is 0.446. The number of amides is 1. The van der Waals surface area contributed by atoms with Gasteiger partial charge >= 0.3 is 0 Å². The van der Waals surface area contributed by atoms with E-state index in [0.29, 0.717) is 17.3 Å². The standard InChI is InChI=1S/C23H17FN4O3/c24-18-4-1-16(2-5-18)21-11-12-25-13-17(21)3-10-22(29)27-19-6-8-20(9-7-19)30-14-23-28-26-15-31-23/h1-13,15H,14H2,(H,27,29)/b10-3+. The lowest BCUT2D eigenvalue weighted by atomic mass is 10.0. The van der Waals surface area contributed by atoms with Gasteiger partial charge in [-0.05, 0) is 59.7 Å². The first-order chi connectivity index (χ1) is 15.2. The molecule has 0 aliphatic heterocycles. The van der Waals surface area contributed by atoms with Crippen LogP contribution in [0.3, 0.4) is 0 Å². The second-order valence-electron chi connectivity index (χ2n) is 6.44. The van der Waals surface area contributed by atoms with Gasteiger partial charge in [0.05, 0.1) is 0 Å². The van der Waals surface area contributed by atoms with Gasteiger partial charge < -0.3 is 14.5 Å². The summed E-state index contributed by atoms with van der Waals surface area (Å²) in [6.45, 7) is 0.163. The zero-order chi connectivity index (χ0) is 21.5. The minimum Gasteiger partial charge on any atom is -0.484 e. The maximum Gasteiger partial charge on any atom is 0.253 e. The molecule has 0 bridgehead atoms. The molecule has 2 heterocycles. The molecular formula is C23H17FN4O3. The highest BCUT2D eigenvalue weighted by Crippen LogP contribution is 2.24. The molecule has 1 amide bonds. The van der Waals surface area contributed by atoms with Crippen LogP contribution in [0.5, 0.6) is 5.75 Å². The number of aromatic nitrogens is 3. The highest BCUT2D eigenvalue weighted by Gasteiger charge is 2.05. The van der Waals surface area contributed by atoms with Crippen LogP contribution in [0.2, 0.25) is 0 Å². The molecule has 8 heteroatoms. The Morgan fingerprint density at radius 1 is 1.10 bits per heavy atom. The Balaban J connectivity index is 1.38. The molecule has 4 rings (SSSR count). The molecule has 0 aliphatic rings. The van der Waals surface area contributed by atoms with Gasteiger partial charge in [-0.25, -0.2) is 4.39 Å². The van der Waals surface area contributed by atoms with E-state index in [4.69, 9.17) is 9.15 Å². The molecule has 2 aromatic heterocycles. The zero-order valence-electron chi connectivity index (χ0n) is 16.2. The molecule has 0 fully saturated rings. The first-order valence-electron chi connectivity index (χ1n) is 9.34. The van der Waals surface area contributed by atoms with Crippen molar-refractivity contribution in [2.24, 2.45) is 0 Å². The number of rotatable bonds is 7. The van der Waals surface area contributed by atoms with Crippen LogP contribution in [0.25, 0.3) is 17.2 Å². The second-order valence-corrected chi connectivity index (χ2v) is 6.44. The van der Waals surface area contributed by atoms with E-state index in [1.165, 1.54) is 24.6 Å². The Morgan fingerprint density at radius 3 is 2.65 bits per heavy atom. The Kier molecular flexibility index (Phi) is 6.08. The molecule has 0 spiro atoms. The predicted molar refractivity (Wildman–Crippen MR) is 112 cm³/mol. The summed E-state index contributed by atoms with van der Waals surface area (Å²) < 4.78 is 23.7. The lowest BCUT2D eigenvalue weighted by Gasteiger charge is -2.07.